The van der Waals surface area contributed by atoms with Crippen molar-refractivity contribution in [2.45, 2.75) is 32.3 Å². The average Bonchev–Trinajstić information content (AvgIpc) is 2.35. The van der Waals surface area contributed by atoms with Crippen molar-refractivity contribution in [2.75, 3.05) is 6.54 Å². The molecule has 4 heteroatoms. The number of hydrogen-bond donors (Lipinski definition) is 2. The molecule has 0 fully saturated rings. The van der Waals surface area contributed by atoms with Crippen LogP contribution in [0, 0.1) is 0 Å². The highest BCUT2D eigenvalue weighted by Crippen LogP contribution is 2.16. The number of hydrogen-bond acceptors (Lipinski definition) is 2. The lowest BCUT2D eigenvalue weighted by atomic mass is 10.1. The summed E-state index contributed by atoms with van der Waals surface area (Å²) in [4.78, 5) is 11.5. The van der Waals surface area contributed by atoms with E-state index in [1.54, 1.807) is 0 Å². The second-order valence-electron chi connectivity index (χ2n) is 3.96. The Hall–Kier alpha value is -1.06. The maximum Gasteiger partial charge on any atom is 0.220 e. The first-order valence-corrected chi connectivity index (χ1v) is 6.19. The fraction of sp³-hybridized carbons (Fsp3) is 0.462. The van der Waals surface area contributed by atoms with Crippen LogP contribution in [0.15, 0.2) is 24.3 Å². The van der Waals surface area contributed by atoms with Gasteiger partial charge in [-0.25, -0.2) is 0 Å². The minimum absolute atomic E-state index is 0.0579. The summed E-state index contributed by atoms with van der Waals surface area (Å²) in [6, 6.07) is 7.50. The first kappa shape index (κ1) is 14.0. The SMILES string of the molecule is CCC(O)CNC(=O)CCc1ccccc1Cl. The maximum absolute atomic E-state index is 11.5. The van der Waals surface area contributed by atoms with Gasteiger partial charge in [-0.15, -0.1) is 0 Å². The molecular formula is C13H18ClNO2. The van der Waals surface area contributed by atoms with E-state index in [9.17, 15) is 9.90 Å². The van der Waals surface area contributed by atoms with E-state index in [2.05, 4.69) is 5.32 Å². The number of nitrogens with one attached hydrogen (secondary N) is 1. The molecule has 0 aliphatic rings. The first-order valence-electron chi connectivity index (χ1n) is 5.81. The van der Waals surface area contributed by atoms with Gasteiger partial charge in [-0.1, -0.05) is 36.7 Å². The van der Waals surface area contributed by atoms with E-state index in [1.807, 2.05) is 31.2 Å². The summed E-state index contributed by atoms with van der Waals surface area (Å²) in [5.74, 6) is -0.0579. The molecule has 1 aromatic rings. The Bertz CT molecular complexity index is 368. The highest BCUT2D eigenvalue weighted by molar-refractivity contribution is 6.31. The van der Waals surface area contributed by atoms with Crippen molar-refractivity contribution in [3.8, 4) is 0 Å². The predicted octanol–water partition coefficient (Wildman–Crippen LogP) is 2.16. The number of carbonyl (C=O) groups excluding carboxylic acids is 1. The topological polar surface area (TPSA) is 49.3 Å². The van der Waals surface area contributed by atoms with E-state index in [4.69, 9.17) is 11.6 Å². The molecule has 94 valence electrons. The van der Waals surface area contributed by atoms with Gasteiger partial charge in [-0.3, -0.25) is 4.79 Å². The van der Waals surface area contributed by atoms with E-state index in [0.29, 0.717) is 30.8 Å². The molecule has 0 saturated carbocycles. The molecule has 0 aliphatic carbocycles. The second kappa shape index (κ2) is 7.30. The Morgan fingerprint density at radius 1 is 1.47 bits per heavy atom. The van der Waals surface area contributed by atoms with Crippen molar-refractivity contribution in [1.82, 2.24) is 5.32 Å². The van der Waals surface area contributed by atoms with Crippen LogP contribution in [0.4, 0.5) is 0 Å². The molecule has 17 heavy (non-hydrogen) atoms. The van der Waals surface area contributed by atoms with Crippen molar-refractivity contribution < 1.29 is 9.90 Å². The second-order valence-corrected chi connectivity index (χ2v) is 4.36. The van der Waals surface area contributed by atoms with Crippen molar-refractivity contribution in [1.29, 1.82) is 0 Å². The van der Waals surface area contributed by atoms with E-state index in [-0.39, 0.29) is 5.91 Å². The Morgan fingerprint density at radius 3 is 2.82 bits per heavy atom. The van der Waals surface area contributed by atoms with Crippen LogP contribution in [0.25, 0.3) is 0 Å². The van der Waals surface area contributed by atoms with Crippen LogP contribution in [-0.4, -0.2) is 23.7 Å². The zero-order valence-corrected chi connectivity index (χ0v) is 10.7. The summed E-state index contributed by atoms with van der Waals surface area (Å²) in [6.45, 7) is 2.19. The van der Waals surface area contributed by atoms with E-state index >= 15 is 0 Å². The van der Waals surface area contributed by atoms with Gasteiger partial charge in [0.2, 0.25) is 5.91 Å². The Balaban J connectivity index is 2.31. The highest BCUT2D eigenvalue weighted by Gasteiger charge is 2.06. The van der Waals surface area contributed by atoms with E-state index in [0.717, 1.165) is 5.56 Å². The third-order valence-electron chi connectivity index (χ3n) is 2.59. The molecule has 0 aromatic heterocycles. The van der Waals surface area contributed by atoms with E-state index < -0.39 is 6.10 Å². The quantitative estimate of drug-likeness (QED) is 0.819. The minimum atomic E-state index is -0.459. The van der Waals surface area contributed by atoms with Crippen LogP contribution in [0.3, 0.4) is 0 Å². The van der Waals surface area contributed by atoms with Crippen LogP contribution in [0.2, 0.25) is 5.02 Å². The van der Waals surface area contributed by atoms with Crippen LogP contribution in [-0.2, 0) is 11.2 Å². The van der Waals surface area contributed by atoms with Crippen molar-refractivity contribution in [2.24, 2.45) is 0 Å². The minimum Gasteiger partial charge on any atom is -0.391 e. The third kappa shape index (κ3) is 5.20. The van der Waals surface area contributed by atoms with Gasteiger partial charge in [0.25, 0.3) is 0 Å². The molecule has 1 aromatic carbocycles. The largest absolute Gasteiger partial charge is 0.391 e. The standard InChI is InChI=1S/C13H18ClNO2/c1-2-11(16)9-15-13(17)8-7-10-5-3-4-6-12(10)14/h3-6,11,16H,2,7-9H2,1H3,(H,15,17). The van der Waals surface area contributed by atoms with Crippen LogP contribution >= 0.6 is 11.6 Å². The summed E-state index contributed by atoms with van der Waals surface area (Å²) >= 11 is 5.99. The monoisotopic (exact) mass is 255 g/mol. The molecule has 0 saturated heterocycles. The Morgan fingerprint density at radius 2 is 2.18 bits per heavy atom. The van der Waals surface area contributed by atoms with Gasteiger partial charge >= 0.3 is 0 Å². The average molecular weight is 256 g/mol. The lowest BCUT2D eigenvalue weighted by molar-refractivity contribution is -0.121. The van der Waals surface area contributed by atoms with Gasteiger partial charge in [-0.05, 0) is 24.5 Å². The Kier molecular flexibility index (Phi) is 6.01. The lowest BCUT2D eigenvalue weighted by Gasteiger charge is -2.09. The zero-order valence-electron chi connectivity index (χ0n) is 9.95. The molecule has 1 unspecified atom stereocenters. The number of aliphatic hydroxyl groups excluding tert-OH is 1. The number of carbonyl (C=O) groups is 1. The fourth-order valence-corrected chi connectivity index (χ4v) is 1.64. The van der Waals surface area contributed by atoms with Gasteiger partial charge in [-0.2, -0.15) is 0 Å². The molecule has 1 amide bonds. The normalized spacial score (nSPS) is 12.2. The van der Waals surface area contributed by atoms with Crippen molar-refractivity contribution in [3.63, 3.8) is 0 Å². The van der Waals surface area contributed by atoms with Gasteiger partial charge in [0.05, 0.1) is 6.10 Å². The predicted molar refractivity (Wildman–Crippen MR) is 69.1 cm³/mol. The summed E-state index contributed by atoms with van der Waals surface area (Å²) in [5.41, 5.74) is 0.973. The molecule has 0 bridgehead atoms. The molecule has 0 spiro atoms. The Labute approximate surface area is 107 Å². The molecule has 0 heterocycles. The third-order valence-corrected chi connectivity index (χ3v) is 2.95. The molecule has 1 atom stereocenters. The summed E-state index contributed by atoms with van der Waals surface area (Å²) in [7, 11) is 0. The smallest absolute Gasteiger partial charge is 0.220 e. The molecule has 2 N–H and O–H groups in total. The maximum atomic E-state index is 11.5. The van der Waals surface area contributed by atoms with Gasteiger partial charge in [0.15, 0.2) is 0 Å². The zero-order chi connectivity index (χ0) is 12.7. The molecule has 1 rings (SSSR count). The van der Waals surface area contributed by atoms with Crippen molar-refractivity contribution >= 4 is 17.5 Å². The number of benzene rings is 1. The number of aliphatic hydroxyl groups is 1. The summed E-state index contributed by atoms with van der Waals surface area (Å²) in [6.07, 6.45) is 1.19. The van der Waals surface area contributed by atoms with Crippen LogP contribution in [0.1, 0.15) is 25.3 Å². The van der Waals surface area contributed by atoms with Gasteiger partial charge in [0.1, 0.15) is 0 Å². The number of halogens is 1. The highest BCUT2D eigenvalue weighted by atomic mass is 35.5. The number of rotatable bonds is 6. The lowest BCUT2D eigenvalue weighted by Crippen LogP contribution is -2.31. The summed E-state index contributed by atoms with van der Waals surface area (Å²) in [5, 5.41) is 12.7. The number of aryl methyl sites for hydroxylation is 1. The molecular weight excluding hydrogens is 238 g/mol. The summed E-state index contributed by atoms with van der Waals surface area (Å²) < 4.78 is 0. The molecule has 0 aliphatic heterocycles. The van der Waals surface area contributed by atoms with Crippen molar-refractivity contribution in [3.05, 3.63) is 34.9 Å². The van der Waals surface area contributed by atoms with Crippen LogP contribution in [0.5, 0.6) is 0 Å². The molecule has 3 nitrogen and oxygen atoms in total. The van der Waals surface area contributed by atoms with Crippen LogP contribution < -0.4 is 5.32 Å². The molecule has 0 radical (unpaired) electrons. The number of amides is 1. The first-order chi connectivity index (χ1) is 8.13. The fourth-order valence-electron chi connectivity index (χ4n) is 1.41. The van der Waals surface area contributed by atoms with Gasteiger partial charge in [0, 0.05) is 18.0 Å². The van der Waals surface area contributed by atoms with Gasteiger partial charge < -0.3 is 10.4 Å². The van der Waals surface area contributed by atoms with E-state index in [1.165, 1.54) is 0 Å².